The molecule has 0 aromatic heterocycles. The third-order valence-corrected chi connectivity index (χ3v) is 10.1. The molecule has 0 aliphatic rings. The van der Waals surface area contributed by atoms with Gasteiger partial charge in [0.15, 0.2) is 0 Å². The van der Waals surface area contributed by atoms with Crippen molar-refractivity contribution in [3.8, 4) is 0 Å². The normalized spacial score (nSPS) is 12.1. The van der Waals surface area contributed by atoms with Gasteiger partial charge in [0.25, 0.3) is 10.0 Å². The van der Waals surface area contributed by atoms with Gasteiger partial charge in [0.1, 0.15) is 12.6 Å². The van der Waals surface area contributed by atoms with E-state index in [4.69, 9.17) is 34.8 Å². The topological polar surface area (TPSA) is 86.8 Å². The summed E-state index contributed by atoms with van der Waals surface area (Å²) in [7, 11) is -4.26. The zero-order valence-electron chi connectivity index (χ0n) is 26.0. The molecule has 0 bridgehead atoms. The summed E-state index contributed by atoms with van der Waals surface area (Å²) in [6, 6.07) is 24.0. The Kier molecular flexibility index (Phi) is 11.8. The van der Waals surface area contributed by atoms with E-state index in [1.807, 2.05) is 58.0 Å². The van der Waals surface area contributed by atoms with Gasteiger partial charge in [-0.1, -0.05) is 77.3 Å². The Labute approximate surface area is 286 Å². The van der Waals surface area contributed by atoms with Gasteiger partial charge in [-0.2, -0.15) is 0 Å². The number of nitrogens with one attached hydrogen (secondary N) is 1. The highest BCUT2D eigenvalue weighted by atomic mass is 35.5. The Hall–Kier alpha value is -3.56. The summed E-state index contributed by atoms with van der Waals surface area (Å²) < 4.78 is 29.4. The number of carbonyl (C=O) groups is 2. The van der Waals surface area contributed by atoms with Gasteiger partial charge in [-0.15, -0.1) is 0 Å². The molecule has 0 aliphatic carbocycles. The van der Waals surface area contributed by atoms with E-state index in [1.54, 1.807) is 36.4 Å². The summed E-state index contributed by atoms with van der Waals surface area (Å²) in [5, 5.41) is 4.04. The van der Waals surface area contributed by atoms with Gasteiger partial charge in [-0.05, 0) is 98.5 Å². The van der Waals surface area contributed by atoms with Crippen LogP contribution in [0.5, 0.6) is 0 Å². The van der Waals surface area contributed by atoms with Crippen molar-refractivity contribution in [1.82, 2.24) is 10.2 Å². The molecular weight excluding hydrogens is 665 g/mol. The second kappa shape index (κ2) is 15.4. The number of amides is 2. The number of hydrogen-bond acceptors (Lipinski definition) is 4. The van der Waals surface area contributed by atoms with Crippen molar-refractivity contribution < 1.29 is 18.0 Å². The zero-order valence-corrected chi connectivity index (χ0v) is 29.1. The first-order valence-electron chi connectivity index (χ1n) is 14.7. The lowest BCUT2D eigenvalue weighted by Crippen LogP contribution is -2.54. The van der Waals surface area contributed by atoms with Gasteiger partial charge in [0.05, 0.1) is 10.6 Å². The summed E-state index contributed by atoms with van der Waals surface area (Å²) in [4.78, 5) is 29.7. The molecule has 0 aliphatic heterocycles. The number of aryl methyl sites for hydroxylation is 2. The Bertz CT molecular complexity index is 1800. The SMILES string of the molecule is Cc1ccc(N(CC(=O)N(Cc2ccc(Cl)cc2Cl)[C@@H](Cc2ccccc2)C(=O)NC(C)C)S(=O)(=O)c2ccc(Cl)cc2)cc1C. The maximum absolute atomic E-state index is 14.6. The quantitative estimate of drug-likeness (QED) is 0.165. The highest BCUT2D eigenvalue weighted by Crippen LogP contribution is 2.29. The second-order valence-electron chi connectivity index (χ2n) is 11.4. The lowest BCUT2D eigenvalue weighted by molar-refractivity contribution is -0.140. The Morgan fingerprint density at radius 1 is 0.804 bits per heavy atom. The maximum Gasteiger partial charge on any atom is 0.264 e. The van der Waals surface area contributed by atoms with Crippen LogP contribution in [0.15, 0.2) is 95.9 Å². The minimum absolute atomic E-state index is 0.0337. The number of benzene rings is 4. The smallest absolute Gasteiger partial charge is 0.264 e. The molecule has 0 unspecified atom stereocenters. The van der Waals surface area contributed by atoms with E-state index < -0.39 is 28.5 Å². The van der Waals surface area contributed by atoms with E-state index in [0.29, 0.717) is 26.3 Å². The summed E-state index contributed by atoms with van der Waals surface area (Å²) in [6.07, 6.45) is 0.184. The first kappa shape index (κ1) is 35.3. The van der Waals surface area contributed by atoms with Crippen LogP contribution in [-0.2, 0) is 32.6 Å². The Morgan fingerprint density at radius 2 is 1.46 bits per heavy atom. The first-order chi connectivity index (χ1) is 21.8. The van der Waals surface area contributed by atoms with Crippen molar-refractivity contribution in [1.29, 1.82) is 0 Å². The highest BCUT2D eigenvalue weighted by Gasteiger charge is 2.35. The van der Waals surface area contributed by atoms with Gasteiger partial charge >= 0.3 is 0 Å². The first-order valence-corrected chi connectivity index (χ1v) is 17.3. The molecular formula is C35H36Cl3N3O4S. The summed E-state index contributed by atoms with van der Waals surface area (Å²) in [6.45, 7) is 6.80. The van der Waals surface area contributed by atoms with Gasteiger partial charge in [-0.3, -0.25) is 13.9 Å². The predicted molar refractivity (Wildman–Crippen MR) is 186 cm³/mol. The molecule has 1 atom stereocenters. The molecule has 0 spiro atoms. The van der Waals surface area contributed by atoms with E-state index >= 15 is 0 Å². The van der Waals surface area contributed by atoms with Crippen molar-refractivity contribution in [2.45, 2.75) is 57.6 Å². The molecule has 7 nitrogen and oxygen atoms in total. The van der Waals surface area contributed by atoms with Crippen LogP contribution in [0.25, 0.3) is 0 Å². The fourth-order valence-electron chi connectivity index (χ4n) is 4.91. The molecule has 2 amide bonds. The van der Waals surface area contributed by atoms with Crippen LogP contribution in [0.4, 0.5) is 5.69 Å². The van der Waals surface area contributed by atoms with Crippen LogP contribution >= 0.6 is 34.8 Å². The van der Waals surface area contributed by atoms with Crippen LogP contribution in [0, 0.1) is 13.8 Å². The van der Waals surface area contributed by atoms with Crippen LogP contribution in [0.2, 0.25) is 15.1 Å². The Morgan fingerprint density at radius 3 is 2.07 bits per heavy atom. The molecule has 4 aromatic rings. The van der Waals surface area contributed by atoms with Gasteiger partial charge in [0.2, 0.25) is 11.8 Å². The largest absolute Gasteiger partial charge is 0.352 e. The molecule has 4 aromatic carbocycles. The number of sulfonamides is 1. The second-order valence-corrected chi connectivity index (χ2v) is 14.5. The molecule has 0 fully saturated rings. The fraction of sp³-hybridized carbons (Fsp3) is 0.257. The molecule has 4 rings (SSSR count). The van der Waals surface area contributed by atoms with E-state index in [1.165, 1.54) is 29.2 Å². The number of rotatable bonds is 12. The zero-order chi connectivity index (χ0) is 33.6. The lowest BCUT2D eigenvalue weighted by atomic mass is 10.0. The van der Waals surface area contributed by atoms with Crippen LogP contribution in [-0.4, -0.2) is 43.8 Å². The number of hydrogen-bond donors (Lipinski definition) is 1. The van der Waals surface area contributed by atoms with Crippen molar-refractivity contribution >= 4 is 62.3 Å². The van der Waals surface area contributed by atoms with E-state index in [0.717, 1.165) is 21.0 Å². The highest BCUT2D eigenvalue weighted by molar-refractivity contribution is 7.92. The Balaban J connectivity index is 1.84. The average Bonchev–Trinajstić information content (AvgIpc) is 3.00. The molecule has 242 valence electrons. The summed E-state index contributed by atoms with van der Waals surface area (Å²) in [5.41, 5.74) is 3.50. The van der Waals surface area contributed by atoms with E-state index in [-0.39, 0.29) is 29.8 Å². The molecule has 0 heterocycles. The number of anilines is 1. The molecule has 1 N–H and O–H groups in total. The predicted octanol–water partition coefficient (Wildman–Crippen LogP) is 7.62. The summed E-state index contributed by atoms with van der Waals surface area (Å²) in [5.74, 6) is -0.975. The van der Waals surface area contributed by atoms with Crippen molar-refractivity contribution in [2.24, 2.45) is 0 Å². The number of nitrogens with zero attached hydrogens (tertiary/aromatic N) is 2. The maximum atomic E-state index is 14.6. The molecule has 46 heavy (non-hydrogen) atoms. The lowest BCUT2D eigenvalue weighted by Gasteiger charge is -2.34. The van der Waals surface area contributed by atoms with Crippen molar-refractivity contribution in [3.05, 3.63) is 128 Å². The van der Waals surface area contributed by atoms with Gasteiger partial charge < -0.3 is 10.2 Å². The van der Waals surface area contributed by atoms with Gasteiger partial charge in [-0.25, -0.2) is 8.42 Å². The molecule has 0 radical (unpaired) electrons. The number of halogens is 3. The molecule has 11 heteroatoms. The van der Waals surface area contributed by atoms with Crippen LogP contribution in [0.3, 0.4) is 0 Å². The molecule has 0 saturated heterocycles. The van der Waals surface area contributed by atoms with E-state index in [2.05, 4.69) is 5.32 Å². The standard InChI is InChI=1S/C35H36Cl3N3O4S/c1-23(2)39-35(43)33(19-26-8-6-5-7-9-26)40(21-27-11-12-29(37)20-32(27)38)34(42)22-41(30-15-10-24(3)25(4)18-30)46(44,45)31-16-13-28(36)14-17-31/h5-18,20,23,33H,19,21-22H2,1-4H3,(H,39,43)/t33-/m0/s1. The van der Waals surface area contributed by atoms with Crippen LogP contribution in [0.1, 0.15) is 36.1 Å². The third kappa shape index (κ3) is 8.82. The van der Waals surface area contributed by atoms with Gasteiger partial charge in [0, 0.05) is 34.1 Å². The minimum atomic E-state index is -4.26. The monoisotopic (exact) mass is 699 g/mol. The van der Waals surface area contributed by atoms with E-state index in [9.17, 15) is 18.0 Å². The van der Waals surface area contributed by atoms with Crippen LogP contribution < -0.4 is 9.62 Å². The number of carbonyl (C=O) groups excluding carboxylic acids is 2. The average molecular weight is 701 g/mol. The van der Waals surface area contributed by atoms with Crippen molar-refractivity contribution in [2.75, 3.05) is 10.8 Å². The minimum Gasteiger partial charge on any atom is -0.352 e. The molecule has 0 saturated carbocycles. The fourth-order valence-corrected chi connectivity index (χ4v) is 6.91. The summed E-state index contributed by atoms with van der Waals surface area (Å²) >= 11 is 18.8. The van der Waals surface area contributed by atoms with Crippen molar-refractivity contribution in [3.63, 3.8) is 0 Å². The third-order valence-electron chi connectivity index (χ3n) is 7.52.